The van der Waals surface area contributed by atoms with Gasteiger partial charge in [0.15, 0.2) is 10.8 Å². The van der Waals surface area contributed by atoms with Crippen molar-refractivity contribution in [1.82, 2.24) is 20.3 Å². The van der Waals surface area contributed by atoms with Gasteiger partial charge in [-0.3, -0.25) is 4.79 Å². The Hall–Kier alpha value is -1.27. The minimum absolute atomic E-state index is 0.00940. The zero-order valence-electron chi connectivity index (χ0n) is 11.6. The number of nitrogens with one attached hydrogen (secondary N) is 2. The lowest BCUT2D eigenvalue weighted by molar-refractivity contribution is -0.120. The monoisotopic (exact) mass is 312 g/mol. The SMILES string of the molecule is CC(C)CNC(=O)[C@H](C)Sc1nc2ncc(Cl)cc2[nH]1. The number of hydrogen-bond acceptors (Lipinski definition) is 4. The number of thioether (sulfide) groups is 1. The second kappa shape index (κ2) is 6.45. The van der Waals surface area contributed by atoms with Crippen molar-refractivity contribution in [2.45, 2.75) is 31.2 Å². The van der Waals surface area contributed by atoms with Gasteiger partial charge in [-0.15, -0.1) is 0 Å². The maximum Gasteiger partial charge on any atom is 0.233 e. The van der Waals surface area contributed by atoms with Gasteiger partial charge in [-0.1, -0.05) is 37.2 Å². The number of fused-ring (bicyclic) bond motifs is 1. The van der Waals surface area contributed by atoms with E-state index in [1.807, 2.05) is 6.92 Å². The second-order valence-electron chi connectivity index (χ2n) is 4.97. The molecule has 2 aromatic heterocycles. The number of aromatic amines is 1. The summed E-state index contributed by atoms with van der Waals surface area (Å²) in [5.41, 5.74) is 1.38. The van der Waals surface area contributed by atoms with Crippen molar-refractivity contribution in [3.8, 4) is 0 Å². The molecule has 20 heavy (non-hydrogen) atoms. The molecule has 0 fully saturated rings. The lowest BCUT2D eigenvalue weighted by atomic mass is 10.2. The van der Waals surface area contributed by atoms with Crippen molar-refractivity contribution in [3.63, 3.8) is 0 Å². The van der Waals surface area contributed by atoms with Crippen molar-refractivity contribution < 1.29 is 4.79 Å². The van der Waals surface area contributed by atoms with Crippen molar-refractivity contribution in [2.75, 3.05) is 6.54 Å². The molecule has 0 radical (unpaired) electrons. The van der Waals surface area contributed by atoms with Crippen molar-refractivity contribution >= 4 is 40.4 Å². The lowest BCUT2D eigenvalue weighted by Crippen LogP contribution is -2.33. The van der Waals surface area contributed by atoms with Crippen molar-refractivity contribution in [2.24, 2.45) is 5.92 Å². The third kappa shape index (κ3) is 3.86. The molecule has 5 nitrogen and oxygen atoms in total. The van der Waals surface area contributed by atoms with Gasteiger partial charge in [0, 0.05) is 12.7 Å². The fourth-order valence-electron chi connectivity index (χ4n) is 1.58. The molecule has 0 bridgehead atoms. The molecule has 0 unspecified atom stereocenters. The second-order valence-corrected chi connectivity index (χ2v) is 6.73. The third-order valence-corrected chi connectivity index (χ3v) is 3.82. The molecule has 2 heterocycles. The minimum atomic E-state index is -0.218. The van der Waals surface area contributed by atoms with E-state index in [0.29, 0.717) is 28.3 Å². The van der Waals surface area contributed by atoms with Crippen LogP contribution in [0, 0.1) is 5.92 Å². The van der Waals surface area contributed by atoms with Gasteiger partial charge >= 0.3 is 0 Å². The number of hydrogen-bond donors (Lipinski definition) is 2. The van der Waals surface area contributed by atoms with E-state index in [-0.39, 0.29) is 11.2 Å². The zero-order valence-corrected chi connectivity index (χ0v) is 13.2. The highest BCUT2D eigenvalue weighted by Crippen LogP contribution is 2.23. The van der Waals surface area contributed by atoms with E-state index >= 15 is 0 Å². The van der Waals surface area contributed by atoms with E-state index in [2.05, 4.69) is 34.1 Å². The maximum atomic E-state index is 11.9. The summed E-state index contributed by atoms with van der Waals surface area (Å²) in [7, 11) is 0. The quantitative estimate of drug-likeness (QED) is 0.833. The van der Waals surface area contributed by atoms with Crippen LogP contribution < -0.4 is 5.32 Å². The molecule has 0 aliphatic rings. The van der Waals surface area contributed by atoms with Gasteiger partial charge in [-0.2, -0.15) is 0 Å². The maximum absolute atomic E-state index is 11.9. The smallest absolute Gasteiger partial charge is 0.233 e. The Balaban J connectivity index is 2.02. The molecule has 2 N–H and O–H groups in total. The number of amides is 1. The first-order valence-corrected chi connectivity index (χ1v) is 7.67. The highest BCUT2D eigenvalue weighted by molar-refractivity contribution is 8.00. The molecule has 0 aliphatic heterocycles. The Morgan fingerprint density at radius 2 is 2.25 bits per heavy atom. The number of carbonyl (C=O) groups excluding carboxylic acids is 1. The summed E-state index contributed by atoms with van der Waals surface area (Å²) in [6, 6.07) is 1.77. The number of pyridine rings is 1. The fraction of sp³-hybridized carbons (Fsp3) is 0.462. The van der Waals surface area contributed by atoms with Crippen LogP contribution in [0.25, 0.3) is 11.2 Å². The molecule has 1 atom stereocenters. The average Bonchev–Trinajstić information content (AvgIpc) is 2.76. The first-order chi connectivity index (χ1) is 9.45. The molecule has 7 heteroatoms. The summed E-state index contributed by atoms with van der Waals surface area (Å²) in [5.74, 6) is 0.448. The highest BCUT2D eigenvalue weighted by Gasteiger charge is 2.16. The predicted octanol–water partition coefficient (Wildman–Crippen LogP) is 2.86. The summed E-state index contributed by atoms with van der Waals surface area (Å²) < 4.78 is 0. The van der Waals surface area contributed by atoms with Crippen LogP contribution in [0.5, 0.6) is 0 Å². The molecular formula is C13H17ClN4OS. The van der Waals surface area contributed by atoms with Crippen LogP contribution in [-0.4, -0.2) is 32.7 Å². The number of rotatable bonds is 5. The van der Waals surface area contributed by atoms with Gasteiger partial charge in [0.2, 0.25) is 5.91 Å². The largest absolute Gasteiger partial charge is 0.355 e. The van der Waals surface area contributed by atoms with E-state index in [1.54, 1.807) is 12.3 Å². The lowest BCUT2D eigenvalue weighted by Gasteiger charge is -2.11. The zero-order chi connectivity index (χ0) is 14.7. The number of nitrogens with zero attached hydrogens (tertiary/aromatic N) is 2. The summed E-state index contributed by atoms with van der Waals surface area (Å²) in [6.45, 7) is 6.66. The summed E-state index contributed by atoms with van der Waals surface area (Å²) in [6.07, 6.45) is 1.55. The van der Waals surface area contributed by atoms with Gasteiger partial charge in [-0.05, 0) is 18.9 Å². The molecule has 2 rings (SSSR count). The molecule has 1 amide bonds. The minimum Gasteiger partial charge on any atom is -0.355 e. The molecule has 0 spiro atoms. The molecule has 0 aliphatic carbocycles. The van der Waals surface area contributed by atoms with Crippen LogP contribution in [0.4, 0.5) is 0 Å². The Labute approximate surface area is 126 Å². The van der Waals surface area contributed by atoms with Crippen LogP contribution in [0.1, 0.15) is 20.8 Å². The van der Waals surface area contributed by atoms with E-state index in [1.165, 1.54) is 11.8 Å². The standard InChI is InChI=1S/C13H17ClN4OS/c1-7(2)5-16-12(19)8(3)20-13-17-10-4-9(14)6-15-11(10)18-13/h4,6-8H,5H2,1-3H3,(H,16,19)(H,15,17,18)/t8-/m0/s1. The van der Waals surface area contributed by atoms with E-state index < -0.39 is 0 Å². The molecule has 0 saturated heterocycles. The first kappa shape index (κ1) is 15.1. The number of aromatic nitrogens is 3. The van der Waals surface area contributed by atoms with Gasteiger partial charge in [0.1, 0.15) is 0 Å². The van der Waals surface area contributed by atoms with Crippen molar-refractivity contribution in [1.29, 1.82) is 0 Å². The Morgan fingerprint density at radius 3 is 2.95 bits per heavy atom. The number of halogens is 1. The molecular weight excluding hydrogens is 296 g/mol. The van der Waals surface area contributed by atoms with Crippen LogP contribution in [0.15, 0.2) is 17.4 Å². The summed E-state index contributed by atoms with van der Waals surface area (Å²) >= 11 is 7.25. The van der Waals surface area contributed by atoms with Crippen LogP contribution >= 0.6 is 23.4 Å². The third-order valence-electron chi connectivity index (χ3n) is 2.62. The molecule has 0 saturated carbocycles. The predicted molar refractivity (Wildman–Crippen MR) is 82.1 cm³/mol. The van der Waals surface area contributed by atoms with Crippen LogP contribution in [-0.2, 0) is 4.79 Å². The Bertz CT molecular complexity index is 613. The summed E-state index contributed by atoms with van der Waals surface area (Å²) in [4.78, 5) is 23.5. The molecule has 0 aromatic carbocycles. The van der Waals surface area contributed by atoms with Crippen LogP contribution in [0.2, 0.25) is 5.02 Å². The fourth-order valence-corrected chi connectivity index (χ4v) is 2.57. The van der Waals surface area contributed by atoms with Crippen LogP contribution in [0.3, 0.4) is 0 Å². The summed E-state index contributed by atoms with van der Waals surface area (Å²) in [5, 5.41) is 3.91. The Morgan fingerprint density at radius 1 is 1.50 bits per heavy atom. The first-order valence-electron chi connectivity index (χ1n) is 6.41. The van der Waals surface area contributed by atoms with E-state index in [0.717, 1.165) is 5.52 Å². The van der Waals surface area contributed by atoms with Crippen molar-refractivity contribution in [3.05, 3.63) is 17.3 Å². The van der Waals surface area contributed by atoms with Gasteiger partial charge in [0.05, 0.1) is 15.8 Å². The Kier molecular flexibility index (Phi) is 4.88. The molecule has 108 valence electrons. The topological polar surface area (TPSA) is 70.7 Å². The van der Waals surface area contributed by atoms with E-state index in [9.17, 15) is 4.79 Å². The molecule has 2 aromatic rings. The average molecular weight is 313 g/mol. The van der Waals surface area contributed by atoms with Gasteiger partial charge in [-0.25, -0.2) is 9.97 Å². The number of imidazole rings is 1. The van der Waals surface area contributed by atoms with Gasteiger partial charge in [0.25, 0.3) is 0 Å². The number of carbonyl (C=O) groups is 1. The van der Waals surface area contributed by atoms with Gasteiger partial charge < -0.3 is 10.3 Å². The van der Waals surface area contributed by atoms with E-state index in [4.69, 9.17) is 11.6 Å². The number of H-pyrrole nitrogens is 1. The highest BCUT2D eigenvalue weighted by atomic mass is 35.5. The normalized spacial score (nSPS) is 12.8.